The molecule has 0 spiro atoms. The third-order valence-corrected chi connectivity index (χ3v) is 2.99. The molecule has 4 nitrogen and oxygen atoms in total. The summed E-state index contributed by atoms with van der Waals surface area (Å²) in [5, 5.41) is 9.96. The zero-order valence-electron chi connectivity index (χ0n) is 10.0. The van der Waals surface area contributed by atoms with Crippen molar-refractivity contribution in [2.24, 2.45) is 0 Å². The van der Waals surface area contributed by atoms with Crippen molar-refractivity contribution in [3.05, 3.63) is 60.0 Å². The maximum absolute atomic E-state index is 11.4. The summed E-state index contributed by atoms with van der Waals surface area (Å²) in [4.78, 5) is 15.9. The average molecular weight is 253 g/mol. The summed E-state index contributed by atoms with van der Waals surface area (Å²) in [7, 11) is 0. The molecule has 19 heavy (non-hydrogen) atoms. The normalized spacial score (nSPS) is 14.0. The summed E-state index contributed by atoms with van der Waals surface area (Å²) in [6.07, 6.45) is 5.25. The molecular formula is C15H11NO3. The number of nitrogens with zero attached hydrogens (tertiary/aromatic N) is 1. The van der Waals surface area contributed by atoms with Crippen molar-refractivity contribution in [2.45, 2.75) is 0 Å². The van der Waals surface area contributed by atoms with Crippen LogP contribution in [0.4, 0.5) is 0 Å². The van der Waals surface area contributed by atoms with E-state index in [1.54, 1.807) is 24.5 Å². The minimum absolute atomic E-state index is 0.265. The van der Waals surface area contributed by atoms with Crippen LogP contribution in [0.15, 0.2) is 48.7 Å². The molecule has 0 saturated heterocycles. The van der Waals surface area contributed by atoms with Crippen LogP contribution in [0.5, 0.6) is 0 Å². The molecule has 0 atom stereocenters. The molecule has 0 saturated carbocycles. The summed E-state index contributed by atoms with van der Waals surface area (Å²) in [6.45, 7) is 0.475. The summed E-state index contributed by atoms with van der Waals surface area (Å²) in [5.41, 5.74) is 2.47. The molecule has 0 fully saturated rings. The van der Waals surface area contributed by atoms with E-state index in [9.17, 15) is 9.90 Å². The van der Waals surface area contributed by atoms with E-state index in [0.717, 1.165) is 5.57 Å². The number of aromatic carboxylic acids is 1. The minimum Gasteiger partial charge on any atom is -0.497 e. The molecule has 1 N–H and O–H groups in total. The Labute approximate surface area is 109 Å². The van der Waals surface area contributed by atoms with Gasteiger partial charge in [-0.3, -0.25) is 0 Å². The molecule has 0 amide bonds. The number of carboxylic acid groups (broad SMARTS) is 1. The Hall–Kier alpha value is -2.62. The molecule has 0 bridgehead atoms. The van der Waals surface area contributed by atoms with Crippen molar-refractivity contribution in [1.82, 2.24) is 4.98 Å². The molecule has 1 aliphatic rings. The summed E-state index contributed by atoms with van der Waals surface area (Å²) in [5.74, 6) is -0.948. The first-order valence-corrected chi connectivity index (χ1v) is 5.87. The second-order valence-corrected chi connectivity index (χ2v) is 4.17. The van der Waals surface area contributed by atoms with Crippen LogP contribution in [0.25, 0.3) is 16.5 Å². The summed E-state index contributed by atoms with van der Waals surface area (Å²) in [6, 6.07) is 8.84. The van der Waals surface area contributed by atoms with Crippen LogP contribution < -0.4 is 0 Å². The molecule has 0 aliphatic carbocycles. The van der Waals surface area contributed by atoms with Crippen LogP contribution >= 0.6 is 0 Å². The molecule has 1 aromatic heterocycles. The molecule has 94 valence electrons. The van der Waals surface area contributed by atoms with Crippen molar-refractivity contribution >= 4 is 22.4 Å². The molecular weight excluding hydrogens is 242 g/mol. The van der Waals surface area contributed by atoms with Gasteiger partial charge in [0, 0.05) is 11.0 Å². The first-order chi connectivity index (χ1) is 9.25. The number of hydrogen-bond donors (Lipinski definition) is 1. The minimum atomic E-state index is -0.948. The van der Waals surface area contributed by atoms with E-state index < -0.39 is 5.97 Å². The number of carbonyl (C=O) groups is 1. The summed E-state index contributed by atoms with van der Waals surface area (Å²) >= 11 is 0. The molecule has 0 unspecified atom stereocenters. The SMILES string of the molecule is O=C(O)c1cc(C2=CCOC=C2)nc2ccccc12. The highest BCUT2D eigenvalue weighted by Crippen LogP contribution is 2.24. The Morgan fingerprint density at radius 3 is 2.89 bits per heavy atom. The van der Waals surface area contributed by atoms with E-state index in [-0.39, 0.29) is 5.56 Å². The van der Waals surface area contributed by atoms with Gasteiger partial charge >= 0.3 is 5.97 Å². The lowest BCUT2D eigenvalue weighted by Crippen LogP contribution is -2.02. The standard InChI is InChI=1S/C15H11NO3/c17-15(18)12-9-14(10-5-7-19-8-6-10)16-13-4-2-1-3-11(12)13/h1-7,9H,8H2,(H,17,18). The quantitative estimate of drug-likeness (QED) is 0.894. The number of fused-ring (bicyclic) bond motifs is 1. The predicted molar refractivity (Wildman–Crippen MR) is 71.8 cm³/mol. The smallest absolute Gasteiger partial charge is 0.336 e. The van der Waals surface area contributed by atoms with E-state index in [1.807, 2.05) is 24.3 Å². The van der Waals surface area contributed by atoms with Gasteiger partial charge in [-0.05, 0) is 24.3 Å². The molecule has 4 heteroatoms. The molecule has 0 radical (unpaired) electrons. The number of aromatic nitrogens is 1. The Bertz CT molecular complexity index is 716. The van der Waals surface area contributed by atoms with E-state index >= 15 is 0 Å². The fourth-order valence-corrected chi connectivity index (χ4v) is 2.07. The molecule has 1 aromatic carbocycles. The summed E-state index contributed by atoms with van der Waals surface area (Å²) < 4.78 is 5.09. The van der Waals surface area contributed by atoms with E-state index in [2.05, 4.69) is 4.98 Å². The van der Waals surface area contributed by atoms with Gasteiger partial charge in [0.1, 0.15) is 6.61 Å². The van der Waals surface area contributed by atoms with Crippen molar-refractivity contribution in [2.75, 3.05) is 6.61 Å². The van der Waals surface area contributed by atoms with Crippen LogP contribution in [0, 0.1) is 0 Å². The van der Waals surface area contributed by atoms with E-state index in [1.165, 1.54) is 0 Å². The Kier molecular flexibility index (Phi) is 2.76. The van der Waals surface area contributed by atoms with Gasteiger partial charge in [0.2, 0.25) is 0 Å². The Morgan fingerprint density at radius 1 is 1.32 bits per heavy atom. The number of benzene rings is 1. The van der Waals surface area contributed by atoms with Gasteiger partial charge in [-0.15, -0.1) is 0 Å². The molecule has 2 heterocycles. The topological polar surface area (TPSA) is 59.4 Å². The second-order valence-electron chi connectivity index (χ2n) is 4.17. The number of pyridine rings is 1. The lowest BCUT2D eigenvalue weighted by molar-refractivity contribution is 0.0699. The number of para-hydroxylation sites is 1. The predicted octanol–water partition coefficient (Wildman–Crippen LogP) is 2.86. The van der Waals surface area contributed by atoms with Crippen molar-refractivity contribution in [3.8, 4) is 0 Å². The van der Waals surface area contributed by atoms with Crippen molar-refractivity contribution in [1.29, 1.82) is 0 Å². The highest BCUT2D eigenvalue weighted by atomic mass is 16.5. The number of carboxylic acids is 1. The third-order valence-electron chi connectivity index (χ3n) is 2.99. The highest BCUT2D eigenvalue weighted by Gasteiger charge is 2.13. The average Bonchev–Trinajstić information content (AvgIpc) is 2.47. The number of hydrogen-bond acceptors (Lipinski definition) is 3. The maximum atomic E-state index is 11.4. The molecule has 3 rings (SSSR count). The van der Waals surface area contributed by atoms with Crippen LogP contribution in [0.1, 0.15) is 16.1 Å². The Morgan fingerprint density at radius 2 is 2.16 bits per heavy atom. The largest absolute Gasteiger partial charge is 0.497 e. The fraction of sp³-hybridized carbons (Fsp3) is 0.0667. The van der Waals surface area contributed by atoms with Gasteiger partial charge in [-0.2, -0.15) is 0 Å². The van der Waals surface area contributed by atoms with E-state index in [0.29, 0.717) is 23.2 Å². The van der Waals surface area contributed by atoms with Crippen LogP contribution in [0.3, 0.4) is 0 Å². The van der Waals surface area contributed by atoms with E-state index in [4.69, 9.17) is 4.74 Å². The van der Waals surface area contributed by atoms with Gasteiger partial charge < -0.3 is 9.84 Å². The van der Waals surface area contributed by atoms with Gasteiger partial charge in [-0.1, -0.05) is 18.2 Å². The molecule has 1 aliphatic heterocycles. The first-order valence-electron chi connectivity index (χ1n) is 5.87. The van der Waals surface area contributed by atoms with Gasteiger partial charge in [0.05, 0.1) is 23.0 Å². The number of allylic oxidation sites excluding steroid dienone is 2. The lowest BCUT2D eigenvalue weighted by Gasteiger charge is -2.10. The number of rotatable bonds is 2. The van der Waals surface area contributed by atoms with Crippen molar-refractivity contribution < 1.29 is 14.6 Å². The zero-order valence-corrected chi connectivity index (χ0v) is 10.0. The van der Waals surface area contributed by atoms with Crippen LogP contribution in [-0.2, 0) is 4.74 Å². The van der Waals surface area contributed by atoms with Gasteiger partial charge in [0.15, 0.2) is 0 Å². The van der Waals surface area contributed by atoms with Crippen LogP contribution in [-0.4, -0.2) is 22.7 Å². The number of ether oxygens (including phenoxy) is 1. The monoisotopic (exact) mass is 253 g/mol. The fourth-order valence-electron chi connectivity index (χ4n) is 2.07. The highest BCUT2D eigenvalue weighted by molar-refractivity contribution is 6.03. The molecule has 2 aromatic rings. The lowest BCUT2D eigenvalue weighted by atomic mass is 10.0. The zero-order chi connectivity index (χ0) is 13.2. The Balaban J connectivity index is 2.24. The van der Waals surface area contributed by atoms with Gasteiger partial charge in [-0.25, -0.2) is 9.78 Å². The first kappa shape index (κ1) is 11.5. The van der Waals surface area contributed by atoms with Crippen LogP contribution in [0.2, 0.25) is 0 Å². The van der Waals surface area contributed by atoms with Gasteiger partial charge in [0.25, 0.3) is 0 Å². The van der Waals surface area contributed by atoms with Crippen molar-refractivity contribution in [3.63, 3.8) is 0 Å². The second kappa shape index (κ2) is 4.57. The third kappa shape index (κ3) is 2.08. The maximum Gasteiger partial charge on any atom is 0.336 e.